The van der Waals surface area contributed by atoms with Crippen LogP contribution in [-0.2, 0) is 5.41 Å². The molecule has 0 saturated heterocycles. The lowest BCUT2D eigenvalue weighted by Gasteiger charge is -2.24. The van der Waals surface area contributed by atoms with Crippen LogP contribution >= 0.6 is 11.3 Å². The molecule has 0 bridgehead atoms. The molecular weight excluding hydrogens is 645 g/mol. The van der Waals surface area contributed by atoms with Gasteiger partial charge < -0.3 is 0 Å². The van der Waals surface area contributed by atoms with Gasteiger partial charge in [0.05, 0.1) is 0 Å². The smallest absolute Gasteiger partial charge is 0.0355 e. The van der Waals surface area contributed by atoms with Crippen LogP contribution in [0.3, 0.4) is 0 Å². The van der Waals surface area contributed by atoms with Crippen molar-refractivity contribution in [2.45, 2.75) is 32.1 Å². The van der Waals surface area contributed by atoms with Crippen LogP contribution in [0.25, 0.3) is 78.2 Å². The molecule has 1 heteroatoms. The third-order valence-corrected chi connectivity index (χ3v) is 11.5. The van der Waals surface area contributed by atoms with Crippen LogP contribution in [0.15, 0.2) is 153 Å². The predicted molar refractivity (Wildman–Crippen MR) is 233 cm³/mol. The second-order valence-electron chi connectivity index (χ2n) is 14.2. The topological polar surface area (TPSA) is 0 Å². The standard InChI is InChI=1S/C51H42S/c1-6-8-16-34(3)49-41-21-10-12-23-43(41)50(44-24-13-11-22-42(44)49)39-18-14-17-36(30-39)35-19-15-29-51(4,5)47-33-45-37(31-38(47)26-25-35)27-28-48-46(45)32-40(52-48)20-9-7-2/h6-10,12,14-33H,1-3,11,13H2,4-5H3/b16-8-,20-9-,26-25?,29-15+,35-19?. The molecule has 5 aromatic carbocycles. The van der Waals surface area contributed by atoms with Gasteiger partial charge in [0.2, 0.25) is 0 Å². The molecular formula is C51H42S. The van der Waals surface area contributed by atoms with E-state index in [1.54, 1.807) is 0 Å². The van der Waals surface area contributed by atoms with E-state index in [4.69, 9.17) is 0 Å². The second kappa shape index (κ2) is 13.8. The Morgan fingerprint density at radius 1 is 0.750 bits per heavy atom. The van der Waals surface area contributed by atoms with Gasteiger partial charge in [-0.1, -0.05) is 155 Å². The van der Waals surface area contributed by atoms with Crippen LogP contribution in [-0.4, -0.2) is 0 Å². The summed E-state index contributed by atoms with van der Waals surface area (Å²) in [5, 5.41) is 8.93. The van der Waals surface area contributed by atoms with E-state index < -0.39 is 0 Å². The van der Waals surface area contributed by atoms with Crippen molar-refractivity contribution in [1.29, 1.82) is 0 Å². The normalized spacial score (nSPS) is 15.7. The van der Waals surface area contributed by atoms with Gasteiger partial charge in [0.15, 0.2) is 0 Å². The molecule has 6 aromatic rings. The largest absolute Gasteiger partial charge is 0.136 e. The van der Waals surface area contributed by atoms with Gasteiger partial charge in [0.25, 0.3) is 0 Å². The molecule has 2 aliphatic rings. The quantitative estimate of drug-likeness (QED) is 0.147. The lowest BCUT2D eigenvalue weighted by Crippen LogP contribution is -2.32. The maximum absolute atomic E-state index is 4.49. The molecule has 0 atom stereocenters. The van der Waals surface area contributed by atoms with E-state index in [1.165, 1.54) is 85.9 Å². The number of benzene rings is 5. The number of thiophene rings is 1. The van der Waals surface area contributed by atoms with Crippen molar-refractivity contribution in [2.24, 2.45) is 0 Å². The van der Waals surface area contributed by atoms with Crippen LogP contribution in [0.1, 0.15) is 53.8 Å². The minimum Gasteiger partial charge on any atom is -0.136 e. The zero-order valence-electron chi connectivity index (χ0n) is 30.0. The van der Waals surface area contributed by atoms with Gasteiger partial charge in [-0.25, -0.2) is 0 Å². The number of hydrogen-bond acceptors (Lipinski definition) is 1. The van der Waals surface area contributed by atoms with E-state index in [0.717, 1.165) is 18.4 Å². The monoisotopic (exact) mass is 686 g/mol. The average molecular weight is 687 g/mol. The highest BCUT2D eigenvalue weighted by Crippen LogP contribution is 2.39. The first-order valence-electron chi connectivity index (χ1n) is 18.1. The number of rotatable bonds is 7. The molecule has 2 aliphatic carbocycles. The minimum atomic E-state index is -0.164. The maximum Gasteiger partial charge on any atom is 0.0355 e. The van der Waals surface area contributed by atoms with E-state index in [1.807, 2.05) is 35.6 Å². The SMILES string of the molecule is C=C/C=C\C(=C)c1c2c(c(-c3cccc(C4=C/C=C/C(C)(C)c5cc6c(ccc7sc(/C=C\C=C)cc76)cc5C=C4)c3)c3ccccc13)=CCCC=2. The Morgan fingerprint density at radius 3 is 2.37 bits per heavy atom. The molecule has 0 N–H and O–H groups in total. The van der Waals surface area contributed by atoms with E-state index in [2.05, 4.69) is 167 Å². The molecule has 1 aromatic heterocycles. The summed E-state index contributed by atoms with van der Waals surface area (Å²) >= 11 is 1.83. The Labute approximate surface area is 311 Å². The third-order valence-electron chi connectivity index (χ3n) is 10.4. The molecule has 0 radical (unpaired) electrons. The Balaban J connectivity index is 1.26. The van der Waals surface area contributed by atoms with Crippen LogP contribution < -0.4 is 10.4 Å². The summed E-state index contributed by atoms with van der Waals surface area (Å²) in [7, 11) is 0. The summed E-state index contributed by atoms with van der Waals surface area (Å²) in [5.74, 6) is 0. The van der Waals surface area contributed by atoms with E-state index in [-0.39, 0.29) is 5.41 Å². The molecule has 0 fully saturated rings. The van der Waals surface area contributed by atoms with Gasteiger partial charge in [-0.3, -0.25) is 0 Å². The van der Waals surface area contributed by atoms with Crippen molar-refractivity contribution in [3.05, 3.63) is 191 Å². The fourth-order valence-electron chi connectivity index (χ4n) is 7.92. The Bertz CT molecular complexity index is 2750. The molecule has 52 heavy (non-hydrogen) atoms. The van der Waals surface area contributed by atoms with Crippen molar-refractivity contribution in [1.82, 2.24) is 0 Å². The highest BCUT2D eigenvalue weighted by molar-refractivity contribution is 7.20. The van der Waals surface area contributed by atoms with E-state index in [9.17, 15) is 0 Å². The second-order valence-corrected chi connectivity index (χ2v) is 15.3. The first-order chi connectivity index (χ1) is 25.4. The number of allylic oxidation sites excluding steroid dienone is 11. The minimum absolute atomic E-state index is 0.164. The summed E-state index contributed by atoms with van der Waals surface area (Å²) < 4.78 is 1.31. The first kappa shape index (κ1) is 33.4. The Kier molecular flexibility index (Phi) is 8.83. The van der Waals surface area contributed by atoms with Crippen LogP contribution in [0.4, 0.5) is 0 Å². The zero-order valence-corrected chi connectivity index (χ0v) is 30.8. The molecule has 0 saturated carbocycles. The van der Waals surface area contributed by atoms with Crippen molar-refractivity contribution in [2.75, 3.05) is 0 Å². The molecule has 0 aliphatic heterocycles. The van der Waals surface area contributed by atoms with E-state index >= 15 is 0 Å². The van der Waals surface area contributed by atoms with Crippen LogP contribution in [0.5, 0.6) is 0 Å². The van der Waals surface area contributed by atoms with Crippen molar-refractivity contribution in [3.63, 3.8) is 0 Å². The van der Waals surface area contributed by atoms with Gasteiger partial charge >= 0.3 is 0 Å². The van der Waals surface area contributed by atoms with E-state index in [0.29, 0.717) is 0 Å². The molecule has 0 amide bonds. The summed E-state index contributed by atoms with van der Waals surface area (Å²) in [6.45, 7) is 16.9. The van der Waals surface area contributed by atoms with Gasteiger partial charge in [-0.05, 0) is 126 Å². The highest BCUT2D eigenvalue weighted by Gasteiger charge is 2.22. The predicted octanol–water partition coefficient (Wildman–Crippen LogP) is 13.1. The lowest BCUT2D eigenvalue weighted by molar-refractivity contribution is 0.670. The summed E-state index contributed by atoms with van der Waals surface area (Å²) in [6, 6.07) is 29.5. The Morgan fingerprint density at radius 2 is 1.54 bits per heavy atom. The van der Waals surface area contributed by atoms with Gasteiger partial charge in [0, 0.05) is 20.4 Å². The maximum atomic E-state index is 4.49. The molecule has 0 spiro atoms. The Hall–Kier alpha value is -5.76. The highest BCUT2D eigenvalue weighted by atomic mass is 32.1. The number of hydrogen-bond donors (Lipinski definition) is 0. The van der Waals surface area contributed by atoms with Gasteiger partial charge in [0.1, 0.15) is 0 Å². The summed E-state index contributed by atoms with van der Waals surface area (Å²) in [5.41, 5.74) is 9.52. The fourth-order valence-corrected chi connectivity index (χ4v) is 8.91. The summed E-state index contributed by atoms with van der Waals surface area (Å²) in [4.78, 5) is 1.24. The molecule has 0 nitrogen and oxygen atoms in total. The molecule has 252 valence electrons. The van der Waals surface area contributed by atoms with Crippen LogP contribution in [0, 0.1) is 0 Å². The average Bonchev–Trinajstić information content (AvgIpc) is 3.61. The zero-order chi connectivity index (χ0) is 35.8. The number of fused-ring (bicyclic) bond motifs is 6. The van der Waals surface area contributed by atoms with Crippen LogP contribution in [0.2, 0.25) is 0 Å². The molecule has 1 heterocycles. The molecule has 8 rings (SSSR count). The van der Waals surface area contributed by atoms with Crippen molar-refractivity contribution in [3.8, 4) is 11.1 Å². The van der Waals surface area contributed by atoms with Gasteiger partial charge in [-0.15, -0.1) is 11.3 Å². The van der Waals surface area contributed by atoms with Crippen molar-refractivity contribution < 1.29 is 0 Å². The fraction of sp³-hybridized carbons (Fsp3) is 0.0980. The van der Waals surface area contributed by atoms with Gasteiger partial charge in [-0.2, -0.15) is 0 Å². The third kappa shape index (κ3) is 6.02. The summed E-state index contributed by atoms with van der Waals surface area (Å²) in [6.07, 6.45) is 30.2. The van der Waals surface area contributed by atoms with Crippen molar-refractivity contribution >= 4 is 78.4 Å². The lowest BCUT2D eigenvalue weighted by atomic mass is 9.80. The first-order valence-corrected chi connectivity index (χ1v) is 18.9. The molecule has 0 unspecified atom stereocenters.